The third kappa shape index (κ3) is 4.93. The largest absolute Gasteiger partial charge is 0.351 e. The van der Waals surface area contributed by atoms with Crippen molar-refractivity contribution < 1.29 is 18.0 Å². The summed E-state index contributed by atoms with van der Waals surface area (Å²) >= 11 is 5.83. The molecule has 1 aromatic rings. The van der Waals surface area contributed by atoms with Crippen LogP contribution in [0.5, 0.6) is 0 Å². The first-order chi connectivity index (χ1) is 11.9. The van der Waals surface area contributed by atoms with Crippen LogP contribution in [0.4, 0.5) is 0 Å². The summed E-state index contributed by atoms with van der Waals surface area (Å²) in [6.07, 6.45) is 2.91. The minimum atomic E-state index is -3.62. The lowest BCUT2D eigenvalue weighted by atomic mass is 10.0. The van der Waals surface area contributed by atoms with E-state index in [4.69, 9.17) is 11.6 Å². The SMILES string of the molecule is CNC(=O)C(=O)NCC[C@@H]1CCCCN1S(=O)(=O)c1ccc(Cl)cc1. The second kappa shape index (κ2) is 8.64. The molecule has 0 aromatic heterocycles. The Morgan fingerprint density at radius 3 is 2.52 bits per heavy atom. The fraction of sp³-hybridized carbons (Fsp3) is 0.500. The van der Waals surface area contributed by atoms with Gasteiger partial charge in [0.1, 0.15) is 0 Å². The van der Waals surface area contributed by atoms with E-state index in [9.17, 15) is 18.0 Å². The minimum Gasteiger partial charge on any atom is -0.351 e. The Hall–Kier alpha value is -1.64. The van der Waals surface area contributed by atoms with Gasteiger partial charge in [-0.05, 0) is 43.5 Å². The van der Waals surface area contributed by atoms with E-state index in [-0.39, 0.29) is 17.5 Å². The maximum atomic E-state index is 12.9. The van der Waals surface area contributed by atoms with Gasteiger partial charge in [0.05, 0.1) is 4.90 Å². The third-order valence-electron chi connectivity index (χ3n) is 4.19. The molecule has 138 valence electrons. The van der Waals surface area contributed by atoms with Crippen molar-refractivity contribution in [2.24, 2.45) is 0 Å². The highest BCUT2D eigenvalue weighted by molar-refractivity contribution is 7.89. The number of rotatable bonds is 5. The molecule has 0 unspecified atom stereocenters. The average molecular weight is 388 g/mol. The number of nitrogens with zero attached hydrogens (tertiary/aromatic N) is 1. The molecular formula is C16H22ClN3O4S. The van der Waals surface area contributed by atoms with Gasteiger partial charge in [-0.1, -0.05) is 18.0 Å². The first kappa shape index (κ1) is 19.7. The Bertz CT molecular complexity index is 721. The highest BCUT2D eigenvalue weighted by Crippen LogP contribution is 2.27. The molecule has 0 aliphatic carbocycles. The van der Waals surface area contributed by atoms with Crippen LogP contribution >= 0.6 is 11.6 Å². The Balaban J connectivity index is 2.05. The molecule has 1 aliphatic rings. The monoisotopic (exact) mass is 387 g/mol. The van der Waals surface area contributed by atoms with Crippen LogP contribution in [-0.2, 0) is 19.6 Å². The van der Waals surface area contributed by atoms with Crippen LogP contribution < -0.4 is 10.6 Å². The highest BCUT2D eigenvalue weighted by atomic mass is 35.5. The zero-order valence-corrected chi connectivity index (χ0v) is 15.6. The number of carbonyl (C=O) groups is 2. The Kier molecular flexibility index (Phi) is 6.80. The number of hydrogen-bond acceptors (Lipinski definition) is 4. The molecule has 0 bridgehead atoms. The van der Waals surface area contributed by atoms with E-state index in [0.29, 0.717) is 18.0 Å². The topological polar surface area (TPSA) is 95.6 Å². The summed E-state index contributed by atoms with van der Waals surface area (Å²) in [7, 11) is -2.24. The van der Waals surface area contributed by atoms with Crippen molar-refractivity contribution in [1.82, 2.24) is 14.9 Å². The number of nitrogens with one attached hydrogen (secondary N) is 2. The molecule has 1 atom stereocenters. The number of hydrogen-bond donors (Lipinski definition) is 2. The van der Waals surface area contributed by atoms with E-state index in [1.807, 2.05) is 0 Å². The Labute approximate surface area is 152 Å². The van der Waals surface area contributed by atoms with Gasteiger partial charge in [-0.3, -0.25) is 9.59 Å². The lowest BCUT2D eigenvalue weighted by molar-refractivity contribution is -0.138. The molecule has 1 aromatic carbocycles. The molecule has 2 N–H and O–H groups in total. The van der Waals surface area contributed by atoms with Gasteiger partial charge >= 0.3 is 11.8 Å². The van der Waals surface area contributed by atoms with Crippen molar-refractivity contribution in [3.63, 3.8) is 0 Å². The van der Waals surface area contributed by atoms with Gasteiger partial charge in [-0.2, -0.15) is 4.31 Å². The first-order valence-corrected chi connectivity index (χ1v) is 9.95. The predicted octanol–water partition coefficient (Wildman–Crippen LogP) is 1.14. The summed E-state index contributed by atoms with van der Waals surface area (Å²) in [4.78, 5) is 22.9. The maximum absolute atomic E-state index is 12.9. The number of halogens is 1. The van der Waals surface area contributed by atoms with E-state index in [0.717, 1.165) is 19.3 Å². The van der Waals surface area contributed by atoms with E-state index in [2.05, 4.69) is 10.6 Å². The molecule has 1 heterocycles. The van der Waals surface area contributed by atoms with Gasteiger partial charge in [0, 0.05) is 31.2 Å². The van der Waals surface area contributed by atoms with E-state index < -0.39 is 21.8 Å². The predicted molar refractivity (Wildman–Crippen MR) is 94.7 cm³/mol. The molecule has 2 rings (SSSR count). The lowest BCUT2D eigenvalue weighted by Gasteiger charge is -2.34. The van der Waals surface area contributed by atoms with Gasteiger partial charge in [-0.25, -0.2) is 8.42 Å². The van der Waals surface area contributed by atoms with Crippen LogP contribution in [0.25, 0.3) is 0 Å². The molecule has 1 aliphatic heterocycles. The molecule has 2 amide bonds. The lowest BCUT2D eigenvalue weighted by Crippen LogP contribution is -2.46. The second-order valence-electron chi connectivity index (χ2n) is 5.84. The number of benzene rings is 1. The summed E-state index contributed by atoms with van der Waals surface area (Å²) in [6.45, 7) is 0.683. The molecule has 1 fully saturated rings. The normalized spacial score (nSPS) is 18.6. The number of sulfonamides is 1. The molecule has 7 nitrogen and oxygen atoms in total. The summed E-state index contributed by atoms with van der Waals surface area (Å²) in [5.74, 6) is -1.43. The van der Waals surface area contributed by atoms with Crippen LogP contribution in [0.1, 0.15) is 25.7 Å². The number of piperidine rings is 1. The second-order valence-corrected chi connectivity index (χ2v) is 8.17. The quantitative estimate of drug-likeness (QED) is 0.740. The van der Waals surface area contributed by atoms with Crippen molar-refractivity contribution in [3.8, 4) is 0 Å². The number of amides is 2. The third-order valence-corrected chi connectivity index (χ3v) is 6.41. The number of carbonyl (C=O) groups excluding carboxylic acids is 2. The molecule has 25 heavy (non-hydrogen) atoms. The highest BCUT2D eigenvalue weighted by Gasteiger charge is 2.33. The van der Waals surface area contributed by atoms with E-state index in [1.165, 1.54) is 23.5 Å². The van der Waals surface area contributed by atoms with Crippen LogP contribution in [-0.4, -0.2) is 50.7 Å². The molecular weight excluding hydrogens is 366 g/mol. The molecule has 9 heteroatoms. The standard InChI is InChI=1S/C16H22ClN3O4S/c1-18-15(21)16(22)19-10-9-13-4-2-3-11-20(13)25(23,24)14-7-5-12(17)6-8-14/h5-8,13H,2-4,9-11H2,1H3,(H,18,21)(H,19,22)/t13-/m0/s1. The molecule has 0 spiro atoms. The van der Waals surface area contributed by atoms with Crippen LogP contribution in [0.2, 0.25) is 5.02 Å². The molecule has 0 saturated carbocycles. The Morgan fingerprint density at radius 2 is 1.88 bits per heavy atom. The van der Waals surface area contributed by atoms with Crippen LogP contribution in [0.3, 0.4) is 0 Å². The molecule has 0 radical (unpaired) electrons. The smallest absolute Gasteiger partial charge is 0.309 e. The average Bonchev–Trinajstić information content (AvgIpc) is 2.61. The Morgan fingerprint density at radius 1 is 1.20 bits per heavy atom. The fourth-order valence-corrected chi connectivity index (χ4v) is 4.72. The number of likely N-dealkylation sites (N-methyl/N-ethyl adjacent to an activating group) is 1. The zero-order chi connectivity index (χ0) is 18.4. The zero-order valence-electron chi connectivity index (χ0n) is 14.0. The van der Waals surface area contributed by atoms with E-state index in [1.54, 1.807) is 12.1 Å². The maximum Gasteiger partial charge on any atom is 0.309 e. The van der Waals surface area contributed by atoms with Crippen molar-refractivity contribution in [2.75, 3.05) is 20.1 Å². The van der Waals surface area contributed by atoms with E-state index >= 15 is 0 Å². The summed E-state index contributed by atoms with van der Waals surface area (Å²) < 4.78 is 27.3. The van der Waals surface area contributed by atoms with Gasteiger partial charge in [-0.15, -0.1) is 0 Å². The summed E-state index contributed by atoms with van der Waals surface area (Å²) in [5.41, 5.74) is 0. The van der Waals surface area contributed by atoms with Gasteiger partial charge in [0.25, 0.3) is 0 Å². The van der Waals surface area contributed by atoms with Crippen LogP contribution in [0, 0.1) is 0 Å². The van der Waals surface area contributed by atoms with Crippen molar-refractivity contribution >= 4 is 33.4 Å². The van der Waals surface area contributed by atoms with Crippen molar-refractivity contribution in [1.29, 1.82) is 0 Å². The van der Waals surface area contributed by atoms with Gasteiger partial charge in [0.15, 0.2) is 0 Å². The van der Waals surface area contributed by atoms with Crippen molar-refractivity contribution in [2.45, 2.75) is 36.6 Å². The summed E-state index contributed by atoms with van der Waals surface area (Å²) in [6, 6.07) is 5.89. The van der Waals surface area contributed by atoms with Gasteiger partial charge in [0.2, 0.25) is 10.0 Å². The van der Waals surface area contributed by atoms with Gasteiger partial charge < -0.3 is 10.6 Å². The minimum absolute atomic E-state index is 0.207. The van der Waals surface area contributed by atoms with Crippen molar-refractivity contribution in [3.05, 3.63) is 29.3 Å². The van der Waals surface area contributed by atoms with Crippen LogP contribution in [0.15, 0.2) is 29.2 Å². The molecule has 1 saturated heterocycles. The summed E-state index contributed by atoms with van der Waals surface area (Å²) in [5, 5.41) is 5.23. The fourth-order valence-electron chi connectivity index (χ4n) is 2.87. The first-order valence-electron chi connectivity index (χ1n) is 8.13.